The lowest BCUT2D eigenvalue weighted by Gasteiger charge is -2.49. The van der Waals surface area contributed by atoms with E-state index in [-0.39, 0.29) is 16.2 Å². The Hall–Kier alpha value is -4.30. The van der Waals surface area contributed by atoms with Crippen molar-refractivity contribution in [3.63, 3.8) is 0 Å². The molecule has 0 aliphatic carbocycles. The molecule has 0 amide bonds. The molecular weight excluding hydrogens is 532 g/mol. The molecular formula is C42H44N2. The third kappa shape index (κ3) is 4.22. The lowest BCUT2D eigenvalue weighted by atomic mass is 9.66. The molecule has 7 rings (SSSR count). The average molecular weight is 577 g/mol. The lowest BCUT2D eigenvalue weighted by molar-refractivity contribution is 0.590. The third-order valence-electron chi connectivity index (χ3n) is 10.0. The van der Waals surface area contributed by atoms with Gasteiger partial charge >= 0.3 is 0 Å². The summed E-state index contributed by atoms with van der Waals surface area (Å²) in [6, 6.07) is 39.0. The van der Waals surface area contributed by atoms with Gasteiger partial charge < -0.3 is 9.80 Å². The molecule has 0 radical (unpaired) electrons. The van der Waals surface area contributed by atoms with Crippen molar-refractivity contribution in [1.82, 2.24) is 0 Å². The molecule has 2 heteroatoms. The van der Waals surface area contributed by atoms with Crippen LogP contribution in [0.25, 0.3) is 0 Å². The minimum absolute atomic E-state index is 0.0784. The zero-order valence-corrected chi connectivity index (χ0v) is 27.7. The number of nitrogens with zero attached hydrogens (tertiary/aromatic N) is 2. The van der Waals surface area contributed by atoms with E-state index in [1.54, 1.807) is 0 Å². The van der Waals surface area contributed by atoms with E-state index in [0.29, 0.717) is 0 Å². The van der Waals surface area contributed by atoms with Crippen LogP contribution in [-0.2, 0) is 16.2 Å². The average Bonchev–Trinajstić information content (AvgIpc) is 2.97. The maximum absolute atomic E-state index is 2.54. The van der Waals surface area contributed by atoms with E-state index in [0.717, 1.165) is 0 Å². The predicted octanol–water partition coefficient (Wildman–Crippen LogP) is 11.8. The summed E-state index contributed by atoms with van der Waals surface area (Å²) in [5, 5.41) is 0. The number of fused-ring (bicyclic) bond motifs is 4. The van der Waals surface area contributed by atoms with Gasteiger partial charge in [-0.2, -0.15) is 0 Å². The zero-order valence-electron chi connectivity index (χ0n) is 27.7. The molecule has 44 heavy (non-hydrogen) atoms. The van der Waals surface area contributed by atoms with Gasteiger partial charge in [0.05, 0.1) is 17.1 Å². The molecule has 2 heterocycles. The van der Waals surface area contributed by atoms with Gasteiger partial charge in [-0.05, 0) is 107 Å². The van der Waals surface area contributed by atoms with Crippen molar-refractivity contribution in [3.8, 4) is 0 Å². The fourth-order valence-electron chi connectivity index (χ4n) is 7.65. The minimum Gasteiger partial charge on any atom is -0.310 e. The van der Waals surface area contributed by atoms with Gasteiger partial charge in [0.25, 0.3) is 0 Å². The van der Waals surface area contributed by atoms with E-state index < -0.39 is 0 Å². The number of benzene rings is 5. The van der Waals surface area contributed by atoms with Crippen LogP contribution < -0.4 is 9.80 Å². The summed E-state index contributed by atoms with van der Waals surface area (Å²) in [6.45, 7) is 20.8. The molecule has 222 valence electrons. The van der Waals surface area contributed by atoms with Crippen LogP contribution in [0.3, 0.4) is 0 Å². The molecule has 0 saturated carbocycles. The Morgan fingerprint density at radius 1 is 0.523 bits per heavy atom. The molecule has 0 unspecified atom stereocenters. The second-order valence-electron chi connectivity index (χ2n) is 15.0. The van der Waals surface area contributed by atoms with Crippen molar-refractivity contribution < 1.29 is 0 Å². The van der Waals surface area contributed by atoms with E-state index in [9.17, 15) is 0 Å². The molecule has 5 aromatic rings. The van der Waals surface area contributed by atoms with Crippen molar-refractivity contribution in [2.45, 2.75) is 78.6 Å². The largest absolute Gasteiger partial charge is 0.310 e. The molecule has 2 aliphatic heterocycles. The molecule has 0 atom stereocenters. The van der Waals surface area contributed by atoms with Crippen molar-refractivity contribution in [1.29, 1.82) is 0 Å². The lowest BCUT2D eigenvalue weighted by Crippen LogP contribution is -2.38. The van der Waals surface area contributed by atoms with Gasteiger partial charge in [0.15, 0.2) is 0 Å². The zero-order chi connectivity index (χ0) is 31.2. The van der Waals surface area contributed by atoms with Crippen LogP contribution in [0.5, 0.6) is 0 Å². The van der Waals surface area contributed by atoms with E-state index in [1.165, 1.54) is 73.1 Å². The molecule has 0 N–H and O–H groups in total. The van der Waals surface area contributed by atoms with E-state index in [4.69, 9.17) is 0 Å². The fraction of sp³-hybridized carbons (Fsp3) is 0.286. The van der Waals surface area contributed by atoms with Crippen molar-refractivity contribution in [2.75, 3.05) is 9.80 Å². The van der Waals surface area contributed by atoms with Crippen LogP contribution >= 0.6 is 0 Å². The number of para-hydroxylation sites is 2. The number of anilines is 6. The first-order chi connectivity index (χ1) is 20.8. The van der Waals surface area contributed by atoms with Crippen molar-refractivity contribution >= 4 is 34.1 Å². The van der Waals surface area contributed by atoms with E-state index in [1.807, 2.05) is 0 Å². The van der Waals surface area contributed by atoms with E-state index in [2.05, 4.69) is 175 Å². The maximum atomic E-state index is 2.54. The highest BCUT2D eigenvalue weighted by atomic mass is 15.2. The first-order valence-electron chi connectivity index (χ1n) is 16.0. The first-order valence-corrected chi connectivity index (χ1v) is 16.0. The molecule has 0 spiro atoms. The maximum Gasteiger partial charge on any atom is 0.0543 e. The summed E-state index contributed by atoms with van der Waals surface area (Å²) >= 11 is 0. The monoisotopic (exact) mass is 576 g/mol. The van der Waals surface area contributed by atoms with Gasteiger partial charge in [0.2, 0.25) is 0 Å². The van der Waals surface area contributed by atoms with Crippen LogP contribution in [0.1, 0.15) is 87.4 Å². The predicted molar refractivity (Wildman–Crippen MR) is 188 cm³/mol. The van der Waals surface area contributed by atoms with Gasteiger partial charge in [-0.25, -0.2) is 0 Å². The molecule has 2 nitrogen and oxygen atoms in total. The second kappa shape index (κ2) is 9.60. The first kappa shape index (κ1) is 28.5. The summed E-state index contributed by atoms with van der Waals surface area (Å²) in [5.41, 5.74) is 16.6. The molecule has 0 fully saturated rings. The summed E-state index contributed by atoms with van der Waals surface area (Å²) in [4.78, 5) is 4.97. The van der Waals surface area contributed by atoms with Crippen LogP contribution in [-0.4, -0.2) is 0 Å². The Morgan fingerprint density at radius 2 is 1.07 bits per heavy atom. The van der Waals surface area contributed by atoms with Crippen molar-refractivity contribution in [2.24, 2.45) is 0 Å². The van der Waals surface area contributed by atoms with Crippen LogP contribution in [0, 0.1) is 13.8 Å². The Labute approximate surface area is 264 Å². The summed E-state index contributed by atoms with van der Waals surface area (Å²) < 4.78 is 0. The molecule has 5 aromatic carbocycles. The highest BCUT2D eigenvalue weighted by Crippen LogP contribution is 2.60. The van der Waals surface area contributed by atoms with Crippen LogP contribution in [0.15, 0.2) is 103 Å². The molecule has 2 aliphatic rings. The molecule has 0 bridgehead atoms. The summed E-state index contributed by atoms with van der Waals surface area (Å²) in [7, 11) is 0. The van der Waals surface area contributed by atoms with Crippen LogP contribution in [0.2, 0.25) is 0 Å². The highest BCUT2D eigenvalue weighted by molar-refractivity contribution is 5.94. The standard InChI is InChI=1S/C42H44N2/c1-27-23-28(2)25-32(24-27)43(30-19-17-29(18-20-30)40(3,4)5)31-21-22-38-36(26-31)42(8,9)35-15-12-14-34-39(35)44(38)37-16-11-10-13-33(37)41(34,6)7/h10-26H,1-9H3. The van der Waals surface area contributed by atoms with Gasteiger partial charge in [-0.3, -0.25) is 0 Å². The Kier molecular flexibility index (Phi) is 6.21. The SMILES string of the molecule is Cc1cc(C)cc(N(c2ccc(C(C)(C)C)cc2)c2ccc3c(c2)C(C)(C)c2cccc4c2N3c2ccccc2C4(C)C)c1. The van der Waals surface area contributed by atoms with Gasteiger partial charge in [0, 0.05) is 27.9 Å². The third-order valence-corrected chi connectivity index (χ3v) is 10.0. The number of hydrogen-bond donors (Lipinski definition) is 0. The van der Waals surface area contributed by atoms with Crippen LogP contribution in [0.4, 0.5) is 34.1 Å². The smallest absolute Gasteiger partial charge is 0.0543 e. The Balaban J connectivity index is 1.46. The Morgan fingerprint density at radius 3 is 1.70 bits per heavy atom. The molecule has 0 saturated heterocycles. The van der Waals surface area contributed by atoms with Gasteiger partial charge in [-0.15, -0.1) is 0 Å². The van der Waals surface area contributed by atoms with Crippen molar-refractivity contribution in [3.05, 3.63) is 142 Å². The molecule has 0 aromatic heterocycles. The Bertz CT molecular complexity index is 1900. The second-order valence-corrected chi connectivity index (χ2v) is 15.0. The van der Waals surface area contributed by atoms with Gasteiger partial charge in [0.1, 0.15) is 0 Å². The van der Waals surface area contributed by atoms with E-state index >= 15 is 0 Å². The normalized spacial score (nSPS) is 15.7. The number of aryl methyl sites for hydroxylation is 2. The highest BCUT2D eigenvalue weighted by Gasteiger charge is 2.45. The minimum atomic E-state index is -0.181. The summed E-state index contributed by atoms with van der Waals surface area (Å²) in [5.74, 6) is 0. The number of hydrogen-bond acceptors (Lipinski definition) is 2. The summed E-state index contributed by atoms with van der Waals surface area (Å²) in [6.07, 6.45) is 0. The topological polar surface area (TPSA) is 6.48 Å². The quantitative estimate of drug-likeness (QED) is 0.211. The fourth-order valence-corrected chi connectivity index (χ4v) is 7.65. The number of rotatable bonds is 3. The van der Waals surface area contributed by atoms with Gasteiger partial charge in [-0.1, -0.05) is 103 Å².